The average molecular weight is 366 g/mol. The molecule has 0 amide bonds. The van der Waals surface area contributed by atoms with Crippen molar-refractivity contribution >= 4 is 29.4 Å². The van der Waals surface area contributed by atoms with Gasteiger partial charge in [-0.25, -0.2) is 0 Å². The fourth-order valence-corrected chi connectivity index (χ4v) is 4.52. The summed E-state index contributed by atoms with van der Waals surface area (Å²) in [5.41, 5.74) is 1.03. The predicted octanol–water partition coefficient (Wildman–Crippen LogP) is 1.82. The molecule has 0 aromatic heterocycles. The van der Waals surface area contributed by atoms with E-state index in [-0.39, 0.29) is 26.4 Å². The van der Waals surface area contributed by atoms with Crippen LogP contribution in [0.2, 0.25) is 0 Å². The number of hydrogen-bond donors (Lipinski definition) is 1. The van der Waals surface area contributed by atoms with Crippen molar-refractivity contribution in [1.29, 1.82) is 0 Å². The third-order valence-corrected chi connectivity index (χ3v) is 6.19. The molecule has 2 aromatic carbocycles. The molecule has 0 fully saturated rings. The van der Waals surface area contributed by atoms with Crippen LogP contribution in [0.1, 0.15) is 5.56 Å². The summed E-state index contributed by atoms with van der Waals surface area (Å²) < 4.78 is 29.0. The standard InChI is InChI=1S/C16H17NO2SSe/c1-13-8-10-15(11-9-13)20(18,19)17-12-14(2)21-16-6-4-3-5-7-16/h3-11,17H,2,12H2,1H3. The zero-order valence-electron chi connectivity index (χ0n) is 11.7. The van der Waals surface area contributed by atoms with Gasteiger partial charge in [-0.05, 0) is 0 Å². The minimum atomic E-state index is -3.47. The molecule has 0 unspecified atom stereocenters. The molecule has 0 aliphatic rings. The van der Waals surface area contributed by atoms with Gasteiger partial charge >= 0.3 is 132 Å². The number of aryl methyl sites for hydroxylation is 1. The van der Waals surface area contributed by atoms with Gasteiger partial charge in [-0.2, -0.15) is 0 Å². The molecule has 110 valence electrons. The summed E-state index contributed by atoms with van der Waals surface area (Å²) in [6.07, 6.45) is 0. The third kappa shape index (κ3) is 4.83. The molecule has 0 saturated carbocycles. The van der Waals surface area contributed by atoms with E-state index in [0.717, 1.165) is 10.0 Å². The Morgan fingerprint density at radius 2 is 1.71 bits per heavy atom. The monoisotopic (exact) mass is 367 g/mol. The molecular formula is C16H17NO2SSe. The molecule has 5 heteroatoms. The van der Waals surface area contributed by atoms with E-state index in [2.05, 4.69) is 11.3 Å². The summed E-state index contributed by atoms with van der Waals surface area (Å²) in [4.78, 5) is 0.285. The van der Waals surface area contributed by atoms with Crippen molar-refractivity contribution < 1.29 is 8.42 Å². The van der Waals surface area contributed by atoms with E-state index >= 15 is 0 Å². The molecule has 0 saturated heterocycles. The van der Waals surface area contributed by atoms with Crippen molar-refractivity contribution in [2.75, 3.05) is 6.54 Å². The van der Waals surface area contributed by atoms with E-state index in [1.54, 1.807) is 24.3 Å². The van der Waals surface area contributed by atoms with Crippen LogP contribution in [0.5, 0.6) is 0 Å². The topological polar surface area (TPSA) is 46.2 Å². The van der Waals surface area contributed by atoms with Crippen molar-refractivity contribution in [2.45, 2.75) is 11.8 Å². The summed E-state index contributed by atoms with van der Waals surface area (Å²) in [5, 5.41) is 0. The van der Waals surface area contributed by atoms with Crippen LogP contribution >= 0.6 is 0 Å². The van der Waals surface area contributed by atoms with Crippen LogP contribution < -0.4 is 9.18 Å². The molecule has 2 rings (SSSR count). The van der Waals surface area contributed by atoms with Gasteiger partial charge in [-0.15, -0.1) is 0 Å². The molecule has 0 bridgehead atoms. The van der Waals surface area contributed by atoms with E-state index in [4.69, 9.17) is 0 Å². The first-order valence-corrected chi connectivity index (χ1v) is 9.64. The molecule has 0 heterocycles. The maximum atomic E-state index is 12.2. The van der Waals surface area contributed by atoms with Gasteiger partial charge in [0, 0.05) is 0 Å². The van der Waals surface area contributed by atoms with Gasteiger partial charge in [0.2, 0.25) is 0 Å². The van der Waals surface area contributed by atoms with Crippen LogP contribution in [0, 0.1) is 6.92 Å². The molecule has 0 aliphatic heterocycles. The molecule has 3 nitrogen and oxygen atoms in total. The second kappa shape index (κ2) is 7.05. The molecule has 0 spiro atoms. The second-order valence-corrected chi connectivity index (χ2v) is 8.99. The first kappa shape index (κ1) is 16.0. The van der Waals surface area contributed by atoms with Crippen molar-refractivity contribution in [3.8, 4) is 0 Å². The SMILES string of the molecule is C=C(CNS(=O)(=O)c1ccc(C)cc1)[Se]c1ccccc1. The zero-order valence-corrected chi connectivity index (χ0v) is 14.3. The summed E-state index contributed by atoms with van der Waals surface area (Å²) in [6.45, 7) is 6.16. The van der Waals surface area contributed by atoms with E-state index in [9.17, 15) is 8.42 Å². The fraction of sp³-hybridized carbons (Fsp3) is 0.125. The molecule has 0 radical (unpaired) electrons. The third-order valence-electron chi connectivity index (χ3n) is 2.80. The first-order chi connectivity index (χ1) is 9.97. The van der Waals surface area contributed by atoms with Crippen LogP contribution in [-0.4, -0.2) is 29.9 Å². The Balaban J connectivity index is 1.95. The molecule has 0 atom stereocenters. The van der Waals surface area contributed by atoms with Gasteiger partial charge in [0.1, 0.15) is 0 Å². The second-order valence-electron chi connectivity index (χ2n) is 4.59. The Morgan fingerprint density at radius 3 is 2.33 bits per heavy atom. The number of benzene rings is 2. The van der Waals surface area contributed by atoms with E-state index in [0.29, 0.717) is 0 Å². The first-order valence-electron chi connectivity index (χ1n) is 6.44. The van der Waals surface area contributed by atoms with Crippen molar-refractivity contribution in [2.24, 2.45) is 0 Å². The fourth-order valence-electron chi connectivity index (χ4n) is 1.67. The van der Waals surface area contributed by atoms with Gasteiger partial charge < -0.3 is 0 Å². The average Bonchev–Trinajstić information content (AvgIpc) is 2.47. The Kier molecular flexibility index (Phi) is 5.37. The molecule has 21 heavy (non-hydrogen) atoms. The van der Waals surface area contributed by atoms with Crippen LogP contribution in [0.3, 0.4) is 0 Å². The predicted molar refractivity (Wildman–Crippen MR) is 87.3 cm³/mol. The normalized spacial score (nSPS) is 11.3. The molecule has 0 aliphatic carbocycles. The van der Waals surface area contributed by atoms with Gasteiger partial charge in [-0.3, -0.25) is 0 Å². The molecule has 1 N–H and O–H groups in total. The minimum absolute atomic E-state index is 0.0665. The van der Waals surface area contributed by atoms with Crippen molar-refractivity contribution in [3.05, 3.63) is 71.2 Å². The Morgan fingerprint density at radius 1 is 1.10 bits per heavy atom. The maximum absolute atomic E-state index is 12.2. The van der Waals surface area contributed by atoms with E-state index < -0.39 is 10.0 Å². The molecule has 2 aromatic rings. The Hall–Kier alpha value is -1.39. The Bertz CT molecular complexity index is 710. The van der Waals surface area contributed by atoms with E-state index in [1.165, 1.54) is 4.46 Å². The quantitative estimate of drug-likeness (QED) is 0.793. The van der Waals surface area contributed by atoms with Gasteiger partial charge in [0.15, 0.2) is 0 Å². The number of rotatable bonds is 6. The Labute approximate surface area is 132 Å². The van der Waals surface area contributed by atoms with Crippen LogP contribution in [0.4, 0.5) is 0 Å². The van der Waals surface area contributed by atoms with Crippen LogP contribution in [0.25, 0.3) is 0 Å². The van der Waals surface area contributed by atoms with Gasteiger partial charge in [0.05, 0.1) is 0 Å². The summed E-state index contributed by atoms with van der Waals surface area (Å²) in [7, 11) is -3.47. The van der Waals surface area contributed by atoms with Gasteiger partial charge in [-0.1, -0.05) is 0 Å². The zero-order chi connectivity index (χ0) is 15.3. The number of hydrogen-bond acceptors (Lipinski definition) is 2. The van der Waals surface area contributed by atoms with Gasteiger partial charge in [0.25, 0.3) is 0 Å². The number of nitrogens with one attached hydrogen (secondary N) is 1. The molecular weight excluding hydrogens is 349 g/mol. The summed E-state index contributed by atoms with van der Waals surface area (Å²) >= 11 is 0.0665. The van der Waals surface area contributed by atoms with Crippen LogP contribution in [0.15, 0.2) is 70.5 Å². The summed E-state index contributed by atoms with van der Waals surface area (Å²) in [6, 6.07) is 16.8. The number of sulfonamides is 1. The van der Waals surface area contributed by atoms with Crippen molar-refractivity contribution in [3.63, 3.8) is 0 Å². The van der Waals surface area contributed by atoms with E-state index in [1.807, 2.05) is 37.3 Å². The summed E-state index contributed by atoms with van der Waals surface area (Å²) in [5.74, 6) is 0. The van der Waals surface area contributed by atoms with Crippen LogP contribution in [-0.2, 0) is 10.0 Å². The van der Waals surface area contributed by atoms with Crippen molar-refractivity contribution in [1.82, 2.24) is 4.72 Å².